The smallest absolute Gasteiger partial charge is 0.325 e. The highest BCUT2D eigenvalue weighted by molar-refractivity contribution is 5.82. The maximum absolute atomic E-state index is 13.3. The Labute approximate surface area is 123 Å². The van der Waals surface area contributed by atoms with E-state index in [0.717, 1.165) is 4.90 Å². The molecule has 1 amide bonds. The Morgan fingerprint density at radius 1 is 1.14 bits per heavy atom. The lowest BCUT2D eigenvalue weighted by atomic mass is 10.3. The first-order valence-corrected chi connectivity index (χ1v) is 6.13. The lowest BCUT2D eigenvalue weighted by molar-refractivity contribution is -0.148. The second-order valence-corrected chi connectivity index (χ2v) is 4.14. The highest BCUT2D eigenvalue weighted by Crippen LogP contribution is 2.26. The fourth-order valence-electron chi connectivity index (χ4n) is 1.41. The van der Waals surface area contributed by atoms with Gasteiger partial charge in [0.25, 0.3) is 5.91 Å². The quantitative estimate of drug-likeness (QED) is 0.454. The van der Waals surface area contributed by atoms with E-state index >= 15 is 0 Å². The summed E-state index contributed by atoms with van der Waals surface area (Å²) >= 11 is 0. The third kappa shape index (κ3) is 4.34. The van der Waals surface area contributed by atoms with E-state index in [1.807, 2.05) is 0 Å². The molecule has 9 heteroatoms. The average Bonchev–Trinajstić information content (AvgIpc) is 2.45. The summed E-state index contributed by atoms with van der Waals surface area (Å²) in [5.74, 6) is -9.67. The van der Waals surface area contributed by atoms with Crippen LogP contribution in [-0.4, -0.2) is 43.6 Å². The van der Waals surface area contributed by atoms with Crippen LogP contribution in [0.1, 0.15) is 6.92 Å². The normalized spacial score (nSPS) is 10.3. The summed E-state index contributed by atoms with van der Waals surface area (Å²) in [6.07, 6.45) is 0. The number of likely N-dealkylation sites (N-methyl/N-ethyl adjacent to an activating group) is 1. The molecule has 0 fully saturated rings. The molecule has 0 aliphatic carbocycles. The Morgan fingerprint density at radius 3 is 2.18 bits per heavy atom. The van der Waals surface area contributed by atoms with Crippen LogP contribution in [0.4, 0.5) is 17.6 Å². The number of benzene rings is 1. The highest BCUT2D eigenvalue weighted by Gasteiger charge is 2.22. The Morgan fingerprint density at radius 2 is 1.68 bits per heavy atom. The van der Waals surface area contributed by atoms with E-state index in [9.17, 15) is 27.2 Å². The van der Waals surface area contributed by atoms with Gasteiger partial charge in [0.15, 0.2) is 24.0 Å². The lowest BCUT2D eigenvalue weighted by Gasteiger charge is -2.16. The average molecular weight is 323 g/mol. The zero-order chi connectivity index (χ0) is 16.9. The largest absolute Gasteiger partial charge is 0.477 e. The number of carbonyl (C=O) groups excluding carboxylic acids is 2. The van der Waals surface area contributed by atoms with E-state index in [4.69, 9.17) is 0 Å². The van der Waals surface area contributed by atoms with E-state index in [2.05, 4.69) is 9.47 Å². The number of ether oxygens (including phenoxy) is 2. The van der Waals surface area contributed by atoms with Crippen LogP contribution in [0.15, 0.2) is 6.07 Å². The standard InChI is InChI=1S/C13H13F4NO4/c1-3-21-10(20)5-18(2)9(19)6-22-13-11(16)7(14)4-8(15)12(13)17/h4H,3,5-6H2,1-2H3. The van der Waals surface area contributed by atoms with Gasteiger partial charge in [-0.2, -0.15) is 8.78 Å². The SMILES string of the molecule is CCOC(=O)CN(C)C(=O)COc1c(F)c(F)cc(F)c1F. The van der Waals surface area contributed by atoms with Crippen molar-refractivity contribution in [1.82, 2.24) is 4.90 Å². The van der Waals surface area contributed by atoms with Crippen LogP contribution in [0, 0.1) is 23.3 Å². The van der Waals surface area contributed by atoms with Crippen LogP contribution in [0.3, 0.4) is 0 Å². The first-order chi connectivity index (χ1) is 10.3. The number of carbonyl (C=O) groups is 2. The molecule has 0 aliphatic heterocycles. The molecule has 0 saturated carbocycles. The number of rotatable bonds is 6. The van der Waals surface area contributed by atoms with E-state index in [0.29, 0.717) is 0 Å². The molecule has 0 atom stereocenters. The summed E-state index contributed by atoms with van der Waals surface area (Å²) in [6, 6.07) is 0.0201. The first kappa shape index (κ1) is 17.7. The Bertz CT molecular complexity index is 553. The van der Waals surface area contributed by atoms with Gasteiger partial charge in [0.1, 0.15) is 6.54 Å². The molecule has 0 saturated heterocycles. The molecular weight excluding hydrogens is 310 g/mol. The predicted octanol–water partition coefficient (Wildman–Crippen LogP) is 1.64. The maximum atomic E-state index is 13.3. The van der Waals surface area contributed by atoms with Gasteiger partial charge in [0.2, 0.25) is 11.6 Å². The number of halogens is 4. The second-order valence-electron chi connectivity index (χ2n) is 4.14. The second kappa shape index (κ2) is 7.62. The molecule has 5 nitrogen and oxygen atoms in total. The third-order valence-corrected chi connectivity index (χ3v) is 2.51. The number of hydrogen-bond acceptors (Lipinski definition) is 4. The van der Waals surface area contributed by atoms with Crippen LogP contribution in [0.25, 0.3) is 0 Å². The molecular formula is C13H13F4NO4. The third-order valence-electron chi connectivity index (χ3n) is 2.51. The number of hydrogen-bond donors (Lipinski definition) is 0. The fraction of sp³-hybridized carbons (Fsp3) is 0.385. The van der Waals surface area contributed by atoms with Gasteiger partial charge in [-0.3, -0.25) is 9.59 Å². The first-order valence-electron chi connectivity index (χ1n) is 6.13. The zero-order valence-corrected chi connectivity index (χ0v) is 11.8. The van der Waals surface area contributed by atoms with Gasteiger partial charge in [0.05, 0.1) is 6.61 Å². The van der Waals surface area contributed by atoms with Gasteiger partial charge in [-0.15, -0.1) is 0 Å². The number of nitrogens with zero attached hydrogens (tertiary/aromatic N) is 1. The lowest BCUT2D eigenvalue weighted by Crippen LogP contribution is -2.36. The van der Waals surface area contributed by atoms with Gasteiger partial charge in [-0.05, 0) is 6.92 Å². The van der Waals surface area contributed by atoms with E-state index in [1.54, 1.807) is 6.92 Å². The molecule has 0 aromatic heterocycles. The summed E-state index contributed by atoms with van der Waals surface area (Å²) in [4.78, 5) is 23.6. The molecule has 0 heterocycles. The molecule has 0 radical (unpaired) electrons. The van der Waals surface area contributed by atoms with Crippen molar-refractivity contribution in [3.8, 4) is 5.75 Å². The minimum Gasteiger partial charge on any atom is -0.477 e. The van der Waals surface area contributed by atoms with Crippen molar-refractivity contribution in [3.05, 3.63) is 29.3 Å². The van der Waals surface area contributed by atoms with Crippen LogP contribution < -0.4 is 4.74 Å². The molecule has 122 valence electrons. The van der Waals surface area contributed by atoms with Crippen molar-refractivity contribution < 1.29 is 36.6 Å². The minimum atomic E-state index is -1.75. The van der Waals surface area contributed by atoms with Crippen molar-refractivity contribution in [1.29, 1.82) is 0 Å². The van der Waals surface area contributed by atoms with Gasteiger partial charge < -0.3 is 14.4 Å². The number of amides is 1. The van der Waals surface area contributed by atoms with Crippen molar-refractivity contribution in [2.75, 3.05) is 26.8 Å². The molecule has 22 heavy (non-hydrogen) atoms. The fourth-order valence-corrected chi connectivity index (χ4v) is 1.41. The summed E-state index contributed by atoms with van der Waals surface area (Å²) in [7, 11) is 1.22. The van der Waals surface area contributed by atoms with Gasteiger partial charge in [-0.1, -0.05) is 0 Å². The maximum Gasteiger partial charge on any atom is 0.325 e. The van der Waals surface area contributed by atoms with Crippen LogP contribution in [0.5, 0.6) is 5.75 Å². The Hall–Kier alpha value is -2.32. The molecule has 1 aromatic carbocycles. The highest BCUT2D eigenvalue weighted by atomic mass is 19.2. The van der Waals surface area contributed by atoms with Gasteiger partial charge in [-0.25, -0.2) is 8.78 Å². The molecule has 1 aromatic rings. The summed E-state index contributed by atoms with van der Waals surface area (Å²) in [5.41, 5.74) is 0. The van der Waals surface area contributed by atoms with Crippen molar-refractivity contribution in [2.45, 2.75) is 6.92 Å². The van der Waals surface area contributed by atoms with Crippen LogP contribution in [-0.2, 0) is 14.3 Å². The molecule has 0 spiro atoms. The molecule has 0 N–H and O–H groups in total. The molecule has 0 aliphatic rings. The summed E-state index contributed by atoms with van der Waals surface area (Å²) in [5, 5.41) is 0. The monoisotopic (exact) mass is 323 g/mol. The van der Waals surface area contributed by atoms with E-state index < -0.39 is 54.0 Å². The predicted molar refractivity (Wildman–Crippen MR) is 66.0 cm³/mol. The van der Waals surface area contributed by atoms with Crippen molar-refractivity contribution in [3.63, 3.8) is 0 Å². The number of esters is 1. The van der Waals surface area contributed by atoms with Gasteiger partial charge in [0, 0.05) is 13.1 Å². The Kier molecular flexibility index (Phi) is 6.14. The van der Waals surface area contributed by atoms with Crippen LogP contribution in [0.2, 0.25) is 0 Å². The van der Waals surface area contributed by atoms with Crippen molar-refractivity contribution in [2.24, 2.45) is 0 Å². The zero-order valence-electron chi connectivity index (χ0n) is 11.8. The summed E-state index contributed by atoms with van der Waals surface area (Å²) < 4.78 is 61.6. The van der Waals surface area contributed by atoms with Crippen LogP contribution >= 0.6 is 0 Å². The Balaban J connectivity index is 2.70. The molecule has 0 unspecified atom stereocenters. The van der Waals surface area contributed by atoms with E-state index in [1.165, 1.54) is 7.05 Å². The summed E-state index contributed by atoms with van der Waals surface area (Å²) in [6.45, 7) is 0.383. The van der Waals surface area contributed by atoms with Gasteiger partial charge >= 0.3 is 5.97 Å². The van der Waals surface area contributed by atoms with E-state index in [-0.39, 0.29) is 12.7 Å². The molecule has 1 rings (SSSR count). The molecule has 0 bridgehead atoms. The minimum absolute atomic E-state index is 0.0201. The van der Waals surface area contributed by atoms with Crippen molar-refractivity contribution >= 4 is 11.9 Å². The topological polar surface area (TPSA) is 55.8 Å².